The van der Waals surface area contributed by atoms with Crippen LogP contribution in [0.3, 0.4) is 0 Å². The molecule has 0 atom stereocenters. The normalized spacial score (nSPS) is 11.0. The summed E-state index contributed by atoms with van der Waals surface area (Å²) in [7, 11) is 1.57. The molecule has 0 saturated carbocycles. The van der Waals surface area contributed by atoms with Crippen LogP contribution in [0.4, 0.5) is 0 Å². The van der Waals surface area contributed by atoms with Crippen molar-refractivity contribution < 1.29 is 18.7 Å². The lowest BCUT2D eigenvalue weighted by Crippen LogP contribution is -2.34. The Bertz CT molecular complexity index is 1010. The zero-order chi connectivity index (χ0) is 20.6. The minimum absolute atomic E-state index is 0.0837. The molecule has 2 amide bonds. The molecule has 6 heteroatoms. The minimum atomic E-state index is -0.437. The van der Waals surface area contributed by atoms with Gasteiger partial charge in [0, 0.05) is 23.7 Å². The molecule has 0 aliphatic carbocycles. The van der Waals surface area contributed by atoms with E-state index in [0.717, 1.165) is 11.1 Å². The Kier molecular flexibility index (Phi) is 6.47. The number of benzene rings is 2. The average molecular weight is 390 g/mol. The first-order valence-electron chi connectivity index (χ1n) is 9.10. The summed E-state index contributed by atoms with van der Waals surface area (Å²) in [5.74, 6) is 0.313. The summed E-state index contributed by atoms with van der Waals surface area (Å²) in [4.78, 5) is 25.4. The van der Waals surface area contributed by atoms with Crippen LogP contribution in [0.1, 0.15) is 27.2 Å². The lowest BCUT2D eigenvalue weighted by Gasteiger charge is -2.12. The quantitative estimate of drug-likeness (QED) is 0.603. The summed E-state index contributed by atoms with van der Waals surface area (Å²) >= 11 is 0. The Morgan fingerprint density at radius 3 is 2.48 bits per heavy atom. The predicted molar refractivity (Wildman–Crippen MR) is 110 cm³/mol. The van der Waals surface area contributed by atoms with Crippen LogP contribution in [-0.2, 0) is 11.3 Å². The Hall–Kier alpha value is -3.80. The first-order valence-corrected chi connectivity index (χ1v) is 9.10. The number of para-hydroxylation sites is 1. The van der Waals surface area contributed by atoms with Gasteiger partial charge < -0.3 is 19.8 Å². The number of ether oxygens (including phenoxy) is 1. The third kappa shape index (κ3) is 5.35. The van der Waals surface area contributed by atoms with E-state index in [1.165, 1.54) is 12.3 Å². The fraction of sp³-hybridized carbons (Fsp3) is 0.130. The van der Waals surface area contributed by atoms with E-state index in [4.69, 9.17) is 9.15 Å². The summed E-state index contributed by atoms with van der Waals surface area (Å²) in [6.45, 7) is 2.19. The average Bonchev–Trinajstić information content (AvgIpc) is 3.25. The maximum Gasteiger partial charge on any atom is 0.268 e. The van der Waals surface area contributed by atoms with Gasteiger partial charge in [-0.05, 0) is 37.3 Å². The first kappa shape index (κ1) is 19.9. The van der Waals surface area contributed by atoms with Gasteiger partial charge in [-0.2, -0.15) is 0 Å². The second-order valence-corrected chi connectivity index (χ2v) is 6.39. The molecule has 0 spiro atoms. The number of hydrogen-bond donors (Lipinski definition) is 2. The summed E-state index contributed by atoms with van der Waals surface area (Å²) in [5, 5.41) is 5.48. The number of carbonyl (C=O) groups excluding carboxylic acids is 2. The lowest BCUT2D eigenvalue weighted by molar-refractivity contribution is -0.117. The van der Waals surface area contributed by atoms with E-state index < -0.39 is 5.91 Å². The van der Waals surface area contributed by atoms with E-state index in [9.17, 15) is 9.59 Å². The van der Waals surface area contributed by atoms with Crippen LogP contribution in [0, 0.1) is 6.92 Å². The van der Waals surface area contributed by atoms with E-state index in [1.54, 1.807) is 31.4 Å². The number of furan rings is 1. The van der Waals surface area contributed by atoms with Crippen LogP contribution in [0.25, 0.3) is 6.08 Å². The molecule has 0 aliphatic rings. The molecular formula is C23H22N2O4. The smallest absolute Gasteiger partial charge is 0.268 e. The molecular weight excluding hydrogens is 368 g/mol. The Labute approximate surface area is 169 Å². The maximum atomic E-state index is 12.8. The van der Waals surface area contributed by atoms with Crippen molar-refractivity contribution in [1.29, 1.82) is 0 Å². The summed E-state index contributed by atoms with van der Waals surface area (Å²) in [5.41, 5.74) is 2.41. The number of amides is 2. The van der Waals surface area contributed by atoms with Gasteiger partial charge in [-0.1, -0.05) is 35.9 Å². The van der Waals surface area contributed by atoms with Gasteiger partial charge in [-0.25, -0.2) is 0 Å². The number of methoxy groups -OCH3 is 1. The van der Waals surface area contributed by atoms with Crippen LogP contribution in [0.2, 0.25) is 0 Å². The van der Waals surface area contributed by atoms with Gasteiger partial charge in [0.15, 0.2) is 0 Å². The zero-order valence-electron chi connectivity index (χ0n) is 16.3. The van der Waals surface area contributed by atoms with E-state index in [-0.39, 0.29) is 18.1 Å². The van der Waals surface area contributed by atoms with Crippen molar-refractivity contribution in [3.8, 4) is 5.75 Å². The highest BCUT2D eigenvalue weighted by Gasteiger charge is 2.16. The van der Waals surface area contributed by atoms with Gasteiger partial charge in [-0.3, -0.25) is 9.59 Å². The second kappa shape index (κ2) is 9.41. The molecule has 3 aromatic rings. The van der Waals surface area contributed by atoms with Crippen molar-refractivity contribution in [3.63, 3.8) is 0 Å². The van der Waals surface area contributed by atoms with Gasteiger partial charge in [0.25, 0.3) is 11.8 Å². The predicted octanol–water partition coefficient (Wildman–Crippen LogP) is 3.68. The molecule has 6 nitrogen and oxygen atoms in total. The van der Waals surface area contributed by atoms with Gasteiger partial charge in [0.05, 0.1) is 13.4 Å². The summed E-state index contributed by atoms with van der Waals surface area (Å²) < 4.78 is 10.6. The van der Waals surface area contributed by atoms with Crippen LogP contribution >= 0.6 is 0 Å². The molecule has 0 unspecified atom stereocenters. The van der Waals surface area contributed by atoms with E-state index in [1.807, 2.05) is 43.3 Å². The number of nitrogens with one attached hydrogen (secondary N) is 2. The highest BCUT2D eigenvalue weighted by molar-refractivity contribution is 6.05. The fourth-order valence-corrected chi connectivity index (χ4v) is 2.69. The van der Waals surface area contributed by atoms with Gasteiger partial charge in [0.2, 0.25) is 0 Å². The Morgan fingerprint density at radius 2 is 1.79 bits per heavy atom. The van der Waals surface area contributed by atoms with Gasteiger partial charge in [-0.15, -0.1) is 0 Å². The van der Waals surface area contributed by atoms with E-state index in [2.05, 4.69) is 10.6 Å². The fourth-order valence-electron chi connectivity index (χ4n) is 2.69. The monoisotopic (exact) mass is 390 g/mol. The zero-order valence-corrected chi connectivity index (χ0v) is 16.3. The van der Waals surface area contributed by atoms with Gasteiger partial charge >= 0.3 is 0 Å². The van der Waals surface area contributed by atoms with Crippen molar-refractivity contribution in [2.45, 2.75) is 13.5 Å². The summed E-state index contributed by atoms with van der Waals surface area (Å²) in [6.07, 6.45) is 2.99. The molecule has 2 N–H and O–H groups in total. The van der Waals surface area contributed by atoms with Crippen LogP contribution in [0.15, 0.2) is 77.0 Å². The SMILES string of the molecule is COc1ccccc1CNC(=O)/C(=C/c1ccco1)NC(=O)c1ccc(C)cc1. The molecule has 148 valence electrons. The molecule has 0 saturated heterocycles. The first-order chi connectivity index (χ1) is 14.1. The molecule has 1 aromatic heterocycles. The maximum absolute atomic E-state index is 12.8. The van der Waals surface area contributed by atoms with Crippen LogP contribution in [-0.4, -0.2) is 18.9 Å². The summed E-state index contributed by atoms with van der Waals surface area (Å²) in [6, 6.07) is 17.9. The number of rotatable bonds is 7. The largest absolute Gasteiger partial charge is 0.496 e. The molecule has 1 heterocycles. The Balaban J connectivity index is 1.77. The highest BCUT2D eigenvalue weighted by Crippen LogP contribution is 2.17. The molecule has 0 bridgehead atoms. The standard InChI is InChI=1S/C23H22N2O4/c1-16-9-11-17(12-10-16)22(26)25-20(14-19-7-5-13-29-19)23(27)24-15-18-6-3-4-8-21(18)28-2/h3-14H,15H2,1-2H3,(H,24,27)(H,25,26)/b20-14-. The lowest BCUT2D eigenvalue weighted by atomic mass is 10.1. The van der Waals surface area contributed by atoms with Gasteiger partial charge in [0.1, 0.15) is 17.2 Å². The minimum Gasteiger partial charge on any atom is -0.496 e. The molecule has 3 rings (SSSR count). The topological polar surface area (TPSA) is 80.6 Å². The van der Waals surface area contributed by atoms with Crippen LogP contribution < -0.4 is 15.4 Å². The number of aryl methyl sites for hydroxylation is 1. The van der Waals surface area contributed by atoms with Crippen molar-refractivity contribution in [3.05, 3.63) is 95.1 Å². The number of hydrogen-bond acceptors (Lipinski definition) is 4. The van der Waals surface area contributed by atoms with E-state index >= 15 is 0 Å². The number of carbonyl (C=O) groups is 2. The van der Waals surface area contributed by atoms with Crippen molar-refractivity contribution in [2.75, 3.05) is 7.11 Å². The highest BCUT2D eigenvalue weighted by atomic mass is 16.5. The molecule has 29 heavy (non-hydrogen) atoms. The molecule has 0 radical (unpaired) electrons. The molecule has 2 aromatic carbocycles. The third-order valence-electron chi connectivity index (χ3n) is 4.27. The van der Waals surface area contributed by atoms with Crippen LogP contribution in [0.5, 0.6) is 5.75 Å². The van der Waals surface area contributed by atoms with Crippen molar-refractivity contribution in [2.24, 2.45) is 0 Å². The van der Waals surface area contributed by atoms with Crippen molar-refractivity contribution in [1.82, 2.24) is 10.6 Å². The molecule has 0 fully saturated rings. The van der Waals surface area contributed by atoms with E-state index in [0.29, 0.717) is 17.1 Å². The second-order valence-electron chi connectivity index (χ2n) is 6.39. The third-order valence-corrected chi connectivity index (χ3v) is 4.27. The van der Waals surface area contributed by atoms with Crippen molar-refractivity contribution >= 4 is 17.9 Å². The Morgan fingerprint density at radius 1 is 1.03 bits per heavy atom. The molecule has 0 aliphatic heterocycles.